The van der Waals surface area contributed by atoms with Crippen LogP contribution in [-0.4, -0.2) is 9.78 Å². The van der Waals surface area contributed by atoms with Crippen molar-refractivity contribution in [3.63, 3.8) is 0 Å². The molecule has 0 fully saturated rings. The molecule has 0 bridgehead atoms. The van der Waals surface area contributed by atoms with E-state index in [1.165, 1.54) is 5.56 Å². The van der Waals surface area contributed by atoms with Crippen LogP contribution in [0.15, 0.2) is 33.3 Å². The van der Waals surface area contributed by atoms with Gasteiger partial charge in [0.1, 0.15) is 0 Å². The minimum Gasteiger partial charge on any atom is -0.271 e. The summed E-state index contributed by atoms with van der Waals surface area (Å²) in [5.74, 6) is 5.71. The molecule has 0 spiro atoms. The second-order valence-corrected chi connectivity index (χ2v) is 5.93. The molecule has 1 aromatic carbocycles. The first-order chi connectivity index (χ1) is 8.52. The van der Waals surface area contributed by atoms with Gasteiger partial charge in [-0.1, -0.05) is 22.0 Å². The first-order valence-electron chi connectivity index (χ1n) is 5.43. The van der Waals surface area contributed by atoms with E-state index in [1.807, 2.05) is 11.7 Å². The highest BCUT2D eigenvalue weighted by atomic mass is 79.9. The summed E-state index contributed by atoms with van der Waals surface area (Å²) in [6.45, 7) is 2.06. The fraction of sp³-hybridized carbons (Fsp3) is 0.250. The number of benzene rings is 1. The fourth-order valence-corrected chi connectivity index (χ4v) is 3.21. The third-order valence-corrected chi connectivity index (χ3v) is 3.84. The van der Waals surface area contributed by atoms with Crippen molar-refractivity contribution in [1.82, 2.24) is 15.2 Å². The number of nitrogens with one attached hydrogen (secondary N) is 1. The van der Waals surface area contributed by atoms with Crippen LogP contribution in [0.4, 0.5) is 0 Å². The average molecular weight is 374 g/mol. The molecule has 1 heterocycles. The lowest BCUT2D eigenvalue weighted by molar-refractivity contribution is 0.572. The number of nitrogens with two attached hydrogens (primary N) is 1. The number of hydrogen-bond donors (Lipinski definition) is 2. The van der Waals surface area contributed by atoms with Gasteiger partial charge in [-0.2, -0.15) is 5.10 Å². The minimum atomic E-state index is -0.108. The van der Waals surface area contributed by atoms with Crippen LogP contribution in [0.2, 0.25) is 0 Å². The Balaban J connectivity index is 2.52. The number of nitrogens with zero attached hydrogens (tertiary/aromatic N) is 2. The Morgan fingerprint density at radius 3 is 2.56 bits per heavy atom. The molecule has 0 aliphatic rings. The van der Waals surface area contributed by atoms with Crippen LogP contribution in [0.25, 0.3) is 0 Å². The molecular formula is C12H14Br2N4. The van der Waals surface area contributed by atoms with Gasteiger partial charge in [-0.3, -0.25) is 10.5 Å². The summed E-state index contributed by atoms with van der Waals surface area (Å²) < 4.78 is 3.78. The number of rotatable bonds is 3. The zero-order valence-corrected chi connectivity index (χ0v) is 13.3. The maximum atomic E-state index is 5.71. The number of hydrogen-bond acceptors (Lipinski definition) is 3. The molecule has 1 unspecified atom stereocenters. The van der Waals surface area contributed by atoms with Crippen molar-refractivity contribution in [1.29, 1.82) is 0 Å². The van der Waals surface area contributed by atoms with Crippen molar-refractivity contribution in [3.8, 4) is 0 Å². The van der Waals surface area contributed by atoms with E-state index in [0.29, 0.717) is 0 Å². The van der Waals surface area contributed by atoms with Gasteiger partial charge in [0.2, 0.25) is 0 Å². The first-order valence-corrected chi connectivity index (χ1v) is 7.02. The second-order valence-electron chi connectivity index (χ2n) is 4.16. The highest BCUT2D eigenvalue weighted by Gasteiger charge is 2.20. The van der Waals surface area contributed by atoms with Crippen molar-refractivity contribution in [2.24, 2.45) is 12.9 Å². The van der Waals surface area contributed by atoms with Gasteiger partial charge in [0, 0.05) is 11.5 Å². The standard InChI is InChI=1S/C12H14Br2N4/c1-7-3-8(5-9(13)4-7)11(17-15)12-10(14)6-16-18(12)2/h3-6,11,17H,15H2,1-2H3. The number of hydrazine groups is 1. The summed E-state index contributed by atoms with van der Waals surface area (Å²) in [4.78, 5) is 0. The highest BCUT2D eigenvalue weighted by molar-refractivity contribution is 9.10. The molecule has 3 N–H and O–H groups in total. The van der Waals surface area contributed by atoms with Crippen LogP contribution < -0.4 is 11.3 Å². The van der Waals surface area contributed by atoms with Gasteiger partial charge in [-0.05, 0) is 46.1 Å². The normalized spacial score (nSPS) is 12.7. The van der Waals surface area contributed by atoms with Gasteiger partial charge in [-0.15, -0.1) is 0 Å². The van der Waals surface area contributed by atoms with Gasteiger partial charge < -0.3 is 0 Å². The first kappa shape index (κ1) is 13.7. The number of halogens is 2. The average Bonchev–Trinajstić information content (AvgIpc) is 2.61. The second kappa shape index (κ2) is 5.52. The molecule has 0 amide bonds. The molecule has 4 nitrogen and oxygen atoms in total. The topological polar surface area (TPSA) is 55.9 Å². The van der Waals surface area contributed by atoms with Gasteiger partial charge in [-0.25, -0.2) is 5.43 Å². The van der Waals surface area contributed by atoms with Crippen molar-refractivity contribution >= 4 is 31.9 Å². The summed E-state index contributed by atoms with van der Waals surface area (Å²) in [5, 5.41) is 4.22. The Kier molecular flexibility index (Phi) is 4.21. The fourth-order valence-electron chi connectivity index (χ4n) is 2.01. The Bertz CT molecular complexity index is 525. The molecule has 0 aliphatic carbocycles. The van der Waals surface area contributed by atoms with E-state index in [4.69, 9.17) is 5.84 Å². The lowest BCUT2D eigenvalue weighted by atomic mass is 10.0. The molecule has 96 valence electrons. The van der Waals surface area contributed by atoms with Crippen LogP contribution in [0.1, 0.15) is 22.9 Å². The Morgan fingerprint density at radius 2 is 2.06 bits per heavy atom. The molecule has 1 atom stereocenters. The van der Waals surface area contributed by atoms with E-state index in [-0.39, 0.29) is 6.04 Å². The van der Waals surface area contributed by atoms with Crippen LogP contribution in [-0.2, 0) is 7.05 Å². The molecule has 0 aliphatic heterocycles. The van der Waals surface area contributed by atoms with Crippen molar-refractivity contribution in [3.05, 3.63) is 50.2 Å². The molecule has 2 aromatic rings. The number of aromatic nitrogens is 2. The van der Waals surface area contributed by atoms with Gasteiger partial charge >= 0.3 is 0 Å². The molecule has 6 heteroatoms. The Labute approximate surface area is 123 Å². The highest BCUT2D eigenvalue weighted by Crippen LogP contribution is 2.29. The lowest BCUT2D eigenvalue weighted by Crippen LogP contribution is -2.30. The molecule has 0 saturated heterocycles. The Hall–Kier alpha value is -0.690. The molecule has 0 saturated carbocycles. The maximum absolute atomic E-state index is 5.71. The van der Waals surface area contributed by atoms with E-state index in [2.05, 4.69) is 67.5 Å². The van der Waals surface area contributed by atoms with E-state index in [0.717, 1.165) is 20.2 Å². The molecular weight excluding hydrogens is 360 g/mol. The molecule has 1 aromatic heterocycles. The number of aryl methyl sites for hydroxylation is 2. The lowest BCUT2D eigenvalue weighted by Gasteiger charge is -2.18. The summed E-state index contributed by atoms with van der Waals surface area (Å²) in [5.41, 5.74) is 6.11. The molecule has 18 heavy (non-hydrogen) atoms. The maximum Gasteiger partial charge on any atom is 0.0890 e. The SMILES string of the molecule is Cc1cc(Br)cc(C(NN)c2c(Br)cnn2C)c1. The van der Waals surface area contributed by atoms with E-state index in [9.17, 15) is 0 Å². The predicted octanol–water partition coefficient (Wildman–Crippen LogP) is 2.81. The van der Waals surface area contributed by atoms with Crippen molar-refractivity contribution in [2.75, 3.05) is 0 Å². The van der Waals surface area contributed by atoms with E-state index >= 15 is 0 Å². The largest absolute Gasteiger partial charge is 0.271 e. The zero-order valence-electron chi connectivity index (χ0n) is 10.1. The molecule has 2 rings (SSSR count). The third-order valence-electron chi connectivity index (χ3n) is 2.78. The molecule has 0 radical (unpaired) electrons. The Morgan fingerprint density at radius 1 is 1.33 bits per heavy atom. The van der Waals surface area contributed by atoms with Gasteiger partial charge in [0.05, 0.1) is 22.4 Å². The predicted molar refractivity (Wildman–Crippen MR) is 79.0 cm³/mol. The summed E-state index contributed by atoms with van der Waals surface area (Å²) in [6.07, 6.45) is 1.77. The van der Waals surface area contributed by atoms with Crippen LogP contribution in [0.3, 0.4) is 0 Å². The van der Waals surface area contributed by atoms with Crippen molar-refractivity contribution < 1.29 is 0 Å². The van der Waals surface area contributed by atoms with Crippen LogP contribution >= 0.6 is 31.9 Å². The van der Waals surface area contributed by atoms with Crippen LogP contribution in [0.5, 0.6) is 0 Å². The van der Waals surface area contributed by atoms with E-state index in [1.54, 1.807) is 6.20 Å². The third kappa shape index (κ3) is 2.66. The van der Waals surface area contributed by atoms with Gasteiger partial charge in [0.15, 0.2) is 0 Å². The van der Waals surface area contributed by atoms with E-state index < -0.39 is 0 Å². The quantitative estimate of drug-likeness (QED) is 0.642. The summed E-state index contributed by atoms with van der Waals surface area (Å²) >= 11 is 7.01. The minimum absolute atomic E-state index is 0.108. The summed E-state index contributed by atoms with van der Waals surface area (Å²) in [7, 11) is 1.90. The smallest absolute Gasteiger partial charge is 0.0890 e. The van der Waals surface area contributed by atoms with Crippen LogP contribution in [0, 0.1) is 6.92 Å². The van der Waals surface area contributed by atoms with Crippen molar-refractivity contribution in [2.45, 2.75) is 13.0 Å². The zero-order chi connectivity index (χ0) is 13.3. The monoisotopic (exact) mass is 372 g/mol. The summed E-state index contributed by atoms with van der Waals surface area (Å²) in [6, 6.07) is 6.12. The van der Waals surface area contributed by atoms with Gasteiger partial charge in [0.25, 0.3) is 0 Å².